The van der Waals surface area contributed by atoms with Gasteiger partial charge in [-0.15, -0.1) is 0 Å². The fourth-order valence-electron chi connectivity index (χ4n) is 0. The molecule has 0 rings (SSSR count). The zero-order valence-electron chi connectivity index (χ0n) is 7.34. The van der Waals surface area contributed by atoms with Crippen molar-refractivity contribution in [3.63, 3.8) is 0 Å². The van der Waals surface area contributed by atoms with Crippen molar-refractivity contribution in [3.8, 4) is 0 Å². The molecule has 0 unspecified atom stereocenters. The van der Waals surface area contributed by atoms with Crippen molar-refractivity contribution in [3.05, 3.63) is 0 Å². The van der Waals surface area contributed by atoms with E-state index >= 15 is 0 Å². The number of hydrogen-bond acceptors (Lipinski definition) is 8. The summed E-state index contributed by atoms with van der Waals surface area (Å²) in [6, 6.07) is 0. The van der Waals surface area contributed by atoms with Crippen molar-refractivity contribution < 1.29 is 38.9 Å². The van der Waals surface area contributed by atoms with Gasteiger partial charge in [-0.1, -0.05) is 0 Å². The van der Waals surface area contributed by atoms with Crippen LogP contribution < -0.4 is 0 Å². The number of nitrogens with one attached hydrogen (secondary N) is 3. The van der Waals surface area contributed by atoms with Crippen molar-refractivity contribution in [2.45, 2.75) is 0 Å². The van der Waals surface area contributed by atoms with E-state index in [1.165, 1.54) is 0 Å². The number of carbonyl (C=O) groups excluding carboxylic acids is 3. The molecule has 0 amide bonds. The van der Waals surface area contributed by atoms with E-state index in [4.69, 9.17) is 50.4 Å². The van der Waals surface area contributed by atoms with Gasteiger partial charge in [0.1, 0.15) is 0 Å². The third-order valence-electron chi connectivity index (χ3n) is 0.183. The molecule has 10 nitrogen and oxygen atoms in total. The minimum absolute atomic E-state index is 0. The van der Waals surface area contributed by atoms with Gasteiger partial charge in [0.15, 0.2) is 0 Å². The molecule has 0 bridgehead atoms. The molecular weight excluding hydrogens is 272 g/mol. The van der Waals surface area contributed by atoms with Crippen molar-refractivity contribution in [1.82, 2.24) is 0 Å². The number of isocyanates is 3. The van der Waals surface area contributed by atoms with E-state index in [-0.39, 0.29) is 56.1 Å². The number of aliphatic carboxylic acids is 2. The minimum atomic E-state index is -1.82. The molecule has 5 N–H and O–H groups in total. The van der Waals surface area contributed by atoms with Crippen LogP contribution in [0.3, 0.4) is 0 Å². The molecule has 0 radical (unpaired) electrons. The second-order valence-corrected chi connectivity index (χ2v) is 0.916. The van der Waals surface area contributed by atoms with Crippen molar-refractivity contribution in [2.24, 2.45) is 0 Å². The molecule has 0 saturated carbocycles. The van der Waals surface area contributed by atoms with Crippen LogP contribution >= 0.6 is 0 Å². The van der Waals surface area contributed by atoms with E-state index < -0.39 is 11.9 Å². The monoisotopic (exact) mass is 279 g/mol. The van der Waals surface area contributed by atoms with Gasteiger partial charge in [0, 0.05) is 0 Å². The molecule has 0 aliphatic carbocycles. The van der Waals surface area contributed by atoms with E-state index in [9.17, 15) is 0 Å². The van der Waals surface area contributed by atoms with Crippen LogP contribution in [0, 0.1) is 16.2 Å². The van der Waals surface area contributed by atoms with Gasteiger partial charge >= 0.3 is 63.3 Å². The molecule has 0 spiro atoms. The van der Waals surface area contributed by atoms with Crippen molar-refractivity contribution in [2.75, 3.05) is 0 Å². The van der Waals surface area contributed by atoms with Gasteiger partial charge in [0.05, 0.1) is 0 Å². The van der Waals surface area contributed by atoms with Crippen LogP contribution in [0.2, 0.25) is 0 Å². The van der Waals surface area contributed by atoms with Gasteiger partial charge in [0.25, 0.3) is 0 Å². The Morgan fingerprint density at radius 2 is 0.824 bits per heavy atom. The summed E-state index contributed by atoms with van der Waals surface area (Å²) in [5.41, 5.74) is 0. The third-order valence-corrected chi connectivity index (χ3v) is 0.183. The number of carboxylic acid groups (broad SMARTS) is 2. The molecule has 0 aliphatic rings. The Labute approximate surface area is 135 Å². The van der Waals surface area contributed by atoms with Crippen molar-refractivity contribution in [1.29, 1.82) is 16.2 Å². The Kier molecular flexibility index (Phi) is 99.0. The fourth-order valence-corrected chi connectivity index (χ4v) is 0. The van der Waals surface area contributed by atoms with Crippen LogP contribution in [0.4, 0.5) is 4.70 Å². The molecular formula is C5H7FKN3O7. The van der Waals surface area contributed by atoms with Gasteiger partial charge < -0.3 is 10.2 Å². The standard InChI is InChI=1S/C2H2O4.3CHNO.FH.K.H/c3-1(4)2(5)6;3*2-1-3;;;/h(H,3,4)(H,5,6);3*2H;1H;;. The first-order valence-corrected chi connectivity index (χ1v) is 2.47. The SMILES string of the molecule is F.N=C=O.N=C=O.N=C=O.O=C(O)C(=O)O.[KH]. The van der Waals surface area contributed by atoms with Gasteiger partial charge in [-0.05, 0) is 0 Å². The van der Waals surface area contributed by atoms with Crippen LogP contribution in [0.5, 0.6) is 0 Å². The quantitative estimate of drug-likeness (QED) is 0.151. The topological polar surface area (TPSA) is 197 Å². The number of carboxylic acids is 2. The van der Waals surface area contributed by atoms with Crippen LogP contribution in [0.25, 0.3) is 0 Å². The third kappa shape index (κ3) is 334. The summed E-state index contributed by atoms with van der Waals surface area (Å²) < 4.78 is 0. The van der Waals surface area contributed by atoms with E-state index in [2.05, 4.69) is 0 Å². The second kappa shape index (κ2) is 46.7. The van der Waals surface area contributed by atoms with Crippen LogP contribution in [0.1, 0.15) is 0 Å². The molecule has 92 valence electrons. The summed E-state index contributed by atoms with van der Waals surface area (Å²) in [7, 11) is 0. The molecule has 0 atom stereocenters. The number of carbonyl (C=O) groups is 2. The van der Waals surface area contributed by atoms with Crippen molar-refractivity contribution >= 4 is 81.6 Å². The number of hydrogen-bond donors (Lipinski definition) is 5. The summed E-state index contributed by atoms with van der Waals surface area (Å²) in [5, 5.41) is 31.0. The summed E-state index contributed by atoms with van der Waals surface area (Å²) in [4.78, 5) is 43.2. The average molecular weight is 279 g/mol. The molecule has 12 heteroatoms. The first-order chi connectivity index (χ1) is 6.89. The Balaban J connectivity index is -0.0000000243. The maximum absolute atomic E-state index is 9.10. The molecule has 0 aromatic rings. The molecule has 0 heterocycles. The average Bonchev–Trinajstić information content (AvgIpc) is 2.07. The predicted molar refractivity (Wildman–Crippen MR) is 50.2 cm³/mol. The van der Waals surface area contributed by atoms with Crippen LogP contribution in [-0.4, -0.2) is 91.8 Å². The van der Waals surface area contributed by atoms with E-state index in [1.807, 2.05) is 0 Å². The van der Waals surface area contributed by atoms with Crippen LogP contribution in [-0.2, 0) is 24.0 Å². The summed E-state index contributed by atoms with van der Waals surface area (Å²) >= 11 is 0. The predicted octanol–water partition coefficient (Wildman–Crippen LogP) is -1.64. The maximum atomic E-state index is 9.10. The first-order valence-electron chi connectivity index (χ1n) is 2.47. The molecule has 17 heavy (non-hydrogen) atoms. The Morgan fingerprint density at radius 3 is 0.824 bits per heavy atom. The van der Waals surface area contributed by atoms with E-state index in [0.29, 0.717) is 0 Å². The molecule has 0 fully saturated rings. The summed E-state index contributed by atoms with van der Waals surface area (Å²) in [6.45, 7) is 0. The van der Waals surface area contributed by atoms with E-state index in [1.54, 1.807) is 0 Å². The molecule has 0 saturated heterocycles. The second-order valence-electron chi connectivity index (χ2n) is 0.916. The molecule has 0 aromatic heterocycles. The Morgan fingerprint density at radius 1 is 0.765 bits per heavy atom. The Bertz CT molecular complexity index is 249. The zero-order chi connectivity index (χ0) is 13.3. The number of rotatable bonds is 0. The fraction of sp³-hybridized carbons (Fsp3) is 0. The Hall–Kier alpha value is -1.35. The molecule has 0 aromatic carbocycles. The van der Waals surface area contributed by atoms with Gasteiger partial charge in [-0.25, -0.2) is 40.2 Å². The van der Waals surface area contributed by atoms with Gasteiger partial charge in [0.2, 0.25) is 18.2 Å². The zero-order valence-corrected chi connectivity index (χ0v) is 7.34. The number of halogens is 1. The van der Waals surface area contributed by atoms with Gasteiger partial charge in [-0.3, -0.25) is 4.70 Å². The molecule has 0 aliphatic heterocycles. The normalized spacial score (nSPS) is 4.00. The summed E-state index contributed by atoms with van der Waals surface area (Å²) in [6.07, 6.45) is 2.25. The van der Waals surface area contributed by atoms with Crippen LogP contribution in [0.15, 0.2) is 0 Å². The van der Waals surface area contributed by atoms with Gasteiger partial charge in [-0.2, -0.15) is 0 Å². The summed E-state index contributed by atoms with van der Waals surface area (Å²) in [5.74, 6) is -3.65. The first kappa shape index (κ1) is 36.1. The van der Waals surface area contributed by atoms with E-state index in [0.717, 1.165) is 18.2 Å².